The summed E-state index contributed by atoms with van der Waals surface area (Å²) < 4.78 is 5.28. The highest BCUT2D eigenvalue weighted by atomic mass is 16.5. The Morgan fingerprint density at radius 3 is 2.12 bits per heavy atom. The molecule has 1 aliphatic heterocycles. The van der Waals surface area contributed by atoms with Gasteiger partial charge in [0.15, 0.2) is 0 Å². The van der Waals surface area contributed by atoms with Crippen molar-refractivity contribution in [1.29, 1.82) is 0 Å². The summed E-state index contributed by atoms with van der Waals surface area (Å²) in [5.41, 5.74) is 4.79. The van der Waals surface area contributed by atoms with Gasteiger partial charge in [0.1, 0.15) is 5.75 Å². The molecule has 1 saturated heterocycles. The third kappa shape index (κ3) is 5.87. The average molecular weight is 439 g/mol. The Bertz CT molecular complexity index is 927. The third-order valence-electron chi connectivity index (χ3n) is 6.06. The molecule has 0 saturated carbocycles. The van der Waals surface area contributed by atoms with Crippen LogP contribution >= 0.6 is 0 Å². The predicted molar refractivity (Wildman–Crippen MR) is 127 cm³/mol. The van der Waals surface area contributed by atoms with Crippen molar-refractivity contribution in [1.82, 2.24) is 15.1 Å². The number of hydrogen-bond acceptors (Lipinski definition) is 5. The van der Waals surface area contributed by atoms with Crippen molar-refractivity contribution in [3.8, 4) is 5.75 Å². The lowest BCUT2D eigenvalue weighted by atomic mass is 10.0. The molecule has 2 aromatic carbocycles. The van der Waals surface area contributed by atoms with E-state index in [1.54, 1.807) is 7.11 Å². The topological polar surface area (TPSA) is 73.9 Å². The Morgan fingerprint density at radius 1 is 0.969 bits per heavy atom. The maximum atomic E-state index is 12.6. The molecule has 7 nitrogen and oxygen atoms in total. The maximum absolute atomic E-state index is 12.6. The minimum atomic E-state index is -0.646. The van der Waals surface area contributed by atoms with Gasteiger partial charge in [0.25, 0.3) is 0 Å². The Hall–Kier alpha value is -2.90. The van der Waals surface area contributed by atoms with Crippen LogP contribution in [0.2, 0.25) is 0 Å². The molecule has 0 radical (unpaired) electrons. The van der Waals surface area contributed by atoms with Gasteiger partial charge in [0, 0.05) is 38.4 Å². The van der Waals surface area contributed by atoms with Crippen molar-refractivity contribution in [2.45, 2.75) is 26.8 Å². The molecule has 0 unspecified atom stereocenters. The van der Waals surface area contributed by atoms with Crippen molar-refractivity contribution in [2.24, 2.45) is 0 Å². The van der Waals surface area contributed by atoms with Crippen LogP contribution in [0.5, 0.6) is 5.75 Å². The van der Waals surface area contributed by atoms with Gasteiger partial charge in [-0.1, -0.05) is 29.8 Å². The standard InChI is InChI=1S/C25H34N4O3/c1-17-14-18(2)23(19(3)15-17)27-25(31)24(30)26-16-22(29-12-10-28(4)11-13-29)20-6-8-21(32-5)9-7-20/h6-9,14-15,22H,10-13,16H2,1-5H3,(H,26,30)(H,27,31)/t22-/m1/s1. The molecule has 2 amide bonds. The van der Waals surface area contributed by atoms with Crippen molar-refractivity contribution in [3.63, 3.8) is 0 Å². The van der Waals surface area contributed by atoms with Crippen molar-refractivity contribution < 1.29 is 14.3 Å². The maximum Gasteiger partial charge on any atom is 0.313 e. The van der Waals surface area contributed by atoms with Gasteiger partial charge in [0.05, 0.1) is 13.2 Å². The molecule has 1 fully saturated rings. The fraction of sp³-hybridized carbons (Fsp3) is 0.440. The van der Waals surface area contributed by atoms with Crippen molar-refractivity contribution in [3.05, 3.63) is 58.7 Å². The third-order valence-corrected chi connectivity index (χ3v) is 6.06. The number of piperazine rings is 1. The second kappa shape index (κ2) is 10.6. The number of carbonyl (C=O) groups excluding carboxylic acids is 2. The molecule has 1 aliphatic rings. The molecule has 1 atom stereocenters. The summed E-state index contributed by atoms with van der Waals surface area (Å²) in [6.07, 6.45) is 0. The lowest BCUT2D eigenvalue weighted by Crippen LogP contribution is -2.49. The predicted octanol–water partition coefficient (Wildman–Crippen LogP) is 2.66. The van der Waals surface area contributed by atoms with Crippen LogP contribution in [-0.2, 0) is 9.59 Å². The molecular weight excluding hydrogens is 404 g/mol. The number of aryl methyl sites for hydroxylation is 3. The second-order valence-electron chi connectivity index (χ2n) is 8.57. The van der Waals surface area contributed by atoms with Crippen LogP contribution in [0.15, 0.2) is 36.4 Å². The number of anilines is 1. The van der Waals surface area contributed by atoms with E-state index in [1.165, 1.54) is 0 Å². The van der Waals surface area contributed by atoms with E-state index < -0.39 is 11.8 Å². The van der Waals surface area contributed by atoms with Gasteiger partial charge in [-0.2, -0.15) is 0 Å². The molecule has 0 spiro atoms. The van der Waals surface area contributed by atoms with E-state index in [1.807, 2.05) is 57.2 Å². The molecule has 2 N–H and O–H groups in total. The first-order chi connectivity index (χ1) is 15.3. The number of hydrogen-bond donors (Lipinski definition) is 2. The van der Waals surface area contributed by atoms with Crippen LogP contribution in [-0.4, -0.2) is 68.5 Å². The van der Waals surface area contributed by atoms with Gasteiger partial charge in [-0.15, -0.1) is 0 Å². The number of nitrogens with zero attached hydrogens (tertiary/aromatic N) is 2. The summed E-state index contributed by atoms with van der Waals surface area (Å²) in [5.74, 6) is -0.484. The monoisotopic (exact) mass is 438 g/mol. The van der Waals surface area contributed by atoms with Crippen LogP contribution in [0.3, 0.4) is 0 Å². The smallest absolute Gasteiger partial charge is 0.313 e. The zero-order valence-corrected chi connectivity index (χ0v) is 19.7. The zero-order valence-electron chi connectivity index (χ0n) is 19.7. The quantitative estimate of drug-likeness (QED) is 0.679. The Morgan fingerprint density at radius 2 is 1.56 bits per heavy atom. The van der Waals surface area contributed by atoms with Gasteiger partial charge in [0.2, 0.25) is 0 Å². The summed E-state index contributed by atoms with van der Waals surface area (Å²) >= 11 is 0. The van der Waals surface area contributed by atoms with E-state index in [-0.39, 0.29) is 6.04 Å². The average Bonchev–Trinajstić information content (AvgIpc) is 2.77. The van der Waals surface area contributed by atoms with Gasteiger partial charge >= 0.3 is 11.8 Å². The van der Waals surface area contributed by atoms with E-state index in [4.69, 9.17) is 4.74 Å². The summed E-state index contributed by atoms with van der Waals surface area (Å²) in [5, 5.41) is 5.63. The van der Waals surface area contributed by atoms with Crippen LogP contribution in [0.1, 0.15) is 28.3 Å². The molecule has 0 aromatic heterocycles. The molecule has 2 aromatic rings. The summed E-state index contributed by atoms with van der Waals surface area (Å²) in [7, 11) is 3.75. The molecule has 3 rings (SSSR count). The Kier molecular flexibility index (Phi) is 7.88. The number of methoxy groups -OCH3 is 1. The minimum absolute atomic E-state index is 0.0193. The zero-order chi connectivity index (χ0) is 23.3. The van der Waals surface area contributed by atoms with Crippen molar-refractivity contribution in [2.75, 3.05) is 52.2 Å². The number of nitrogens with one attached hydrogen (secondary N) is 2. The first kappa shape index (κ1) is 23.8. The highest BCUT2D eigenvalue weighted by Crippen LogP contribution is 2.24. The molecule has 7 heteroatoms. The fourth-order valence-corrected chi connectivity index (χ4v) is 4.23. The van der Waals surface area contributed by atoms with E-state index >= 15 is 0 Å². The number of rotatable bonds is 6. The fourth-order valence-electron chi connectivity index (χ4n) is 4.23. The summed E-state index contributed by atoms with van der Waals surface area (Å²) in [4.78, 5) is 29.9. The summed E-state index contributed by atoms with van der Waals surface area (Å²) in [6, 6.07) is 11.9. The van der Waals surface area contributed by atoms with Crippen LogP contribution in [0, 0.1) is 20.8 Å². The Balaban J connectivity index is 1.69. The van der Waals surface area contributed by atoms with Crippen LogP contribution in [0.25, 0.3) is 0 Å². The van der Waals surface area contributed by atoms with E-state index in [0.29, 0.717) is 12.2 Å². The molecular formula is C25H34N4O3. The normalized spacial score (nSPS) is 15.8. The Labute approximate surface area is 190 Å². The lowest BCUT2D eigenvalue weighted by Gasteiger charge is -2.38. The van der Waals surface area contributed by atoms with Crippen LogP contribution < -0.4 is 15.4 Å². The first-order valence-electron chi connectivity index (χ1n) is 11.0. The van der Waals surface area contributed by atoms with Gasteiger partial charge < -0.3 is 20.3 Å². The lowest BCUT2D eigenvalue weighted by molar-refractivity contribution is -0.136. The van der Waals surface area contributed by atoms with E-state index in [9.17, 15) is 9.59 Å². The van der Waals surface area contributed by atoms with E-state index in [0.717, 1.165) is 54.2 Å². The largest absolute Gasteiger partial charge is 0.497 e. The number of carbonyl (C=O) groups is 2. The highest BCUT2D eigenvalue weighted by molar-refractivity contribution is 6.39. The number of ether oxygens (including phenoxy) is 1. The molecule has 0 bridgehead atoms. The number of benzene rings is 2. The van der Waals surface area contributed by atoms with Gasteiger partial charge in [-0.05, 0) is 56.6 Å². The number of amides is 2. The van der Waals surface area contributed by atoms with Crippen molar-refractivity contribution >= 4 is 17.5 Å². The molecule has 32 heavy (non-hydrogen) atoms. The van der Waals surface area contributed by atoms with Gasteiger partial charge in [-0.25, -0.2) is 0 Å². The summed E-state index contributed by atoms with van der Waals surface area (Å²) in [6.45, 7) is 9.96. The number of likely N-dealkylation sites (N-methyl/N-ethyl adjacent to an activating group) is 1. The van der Waals surface area contributed by atoms with Gasteiger partial charge in [-0.3, -0.25) is 14.5 Å². The molecule has 0 aliphatic carbocycles. The SMILES string of the molecule is COc1ccc([C@@H](CNC(=O)C(=O)Nc2c(C)cc(C)cc2C)N2CCN(C)CC2)cc1. The minimum Gasteiger partial charge on any atom is -0.497 e. The molecule has 172 valence electrons. The second-order valence-corrected chi connectivity index (χ2v) is 8.57. The first-order valence-corrected chi connectivity index (χ1v) is 11.0. The molecule has 1 heterocycles. The highest BCUT2D eigenvalue weighted by Gasteiger charge is 2.26. The van der Waals surface area contributed by atoms with E-state index in [2.05, 4.69) is 27.5 Å². The van der Waals surface area contributed by atoms with Crippen LogP contribution in [0.4, 0.5) is 5.69 Å².